The zero-order valence-corrected chi connectivity index (χ0v) is 12.7. The molecule has 0 saturated heterocycles. The van der Waals surface area contributed by atoms with E-state index in [2.05, 4.69) is 10.3 Å². The van der Waals surface area contributed by atoms with Crippen LogP contribution in [-0.2, 0) is 6.54 Å². The lowest BCUT2D eigenvalue weighted by atomic mass is 10.1. The molecule has 20 heavy (non-hydrogen) atoms. The van der Waals surface area contributed by atoms with Crippen LogP contribution in [0.2, 0.25) is 5.02 Å². The second-order valence-electron chi connectivity index (χ2n) is 5.08. The van der Waals surface area contributed by atoms with Gasteiger partial charge in [-0.15, -0.1) is 0 Å². The predicted molar refractivity (Wildman–Crippen MR) is 85.9 cm³/mol. The standard InChI is InChI=1S/C16H22ClN3/c1-19-16(13-8-3-2-4-10-15(13)18)20-11-12-7-5-6-9-14(12)17/h5-7,9H,2-4,8,10-11,18H2,1H3,(H,19,20). The van der Waals surface area contributed by atoms with Crippen molar-refractivity contribution in [3.8, 4) is 0 Å². The van der Waals surface area contributed by atoms with Crippen LogP contribution in [0.15, 0.2) is 40.5 Å². The van der Waals surface area contributed by atoms with Crippen LogP contribution in [0.1, 0.15) is 37.7 Å². The van der Waals surface area contributed by atoms with E-state index in [0.717, 1.165) is 35.0 Å². The molecule has 0 radical (unpaired) electrons. The van der Waals surface area contributed by atoms with Crippen LogP contribution in [0.4, 0.5) is 0 Å². The maximum absolute atomic E-state index is 6.19. The minimum Gasteiger partial charge on any atom is -0.402 e. The van der Waals surface area contributed by atoms with Crippen LogP contribution in [-0.4, -0.2) is 12.9 Å². The summed E-state index contributed by atoms with van der Waals surface area (Å²) in [6, 6.07) is 7.85. The number of allylic oxidation sites excluding steroid dienone is 1. The Morgan fingerprint density at radius 1 is 1.25 bits per heavy atom. The molecule has 0 unspecified atom stereocenters. The van der Waals surface area contributed by atoms with Crippen molar-refractivity contribution < 1.29 is 0 Å². The van der Waals surface area contributed by atoms with Crippen molar-refractivity contribution in [2.24, 2.45) is 10.7 Å². The van der Waals surface area contributed by atoms with E-state index in [1.807, 2.05) is 24.3 Å². The van der Waals surface area contributed by atoms with Crippen molar-refractivity contribution in [1.29, 1.82) is 0 Å². The van der Waals surface area contributed by atoms with Gasteiger partial charge in [-0.25, -0.2) is 0 Å². The Hall–Kier alpha value is -1.48. The van der Waals surface area contributed by atoms with Gasteiger partial charge in [-0.05, 0) is 37.3 Å². The molecule has 3 nitrogen and oxygen atoms in total. The molecule has 1 aromatic rings. The molecule has 1 aromatic carbocycles. The summed E-state index contributed by atoms with van der Waals surface area (Å²) in [5.41, 5.74) is 9.42. The van der Waals surface area contributed by atoms with Crippen molar-refractivity contribution in [3.05, 3.63) is 46.1 Å². The molecule has 0 aromatic heterocycles. The normalized spacial score (nSPS) is 17.0. The highest BCUT2D eigenvalue weighted by Gasteiger charge is 2.14. The van der Waals surface area contributed by atoms with Gasteiger partial charge in [0.05, 0.1) is 0 Å². The number of hydrogen-bond acceptors (Lipinski definition) is 2. The lowest BCUT2D eigenvalue weighted by Gasteiger charge is -2.15. The number of benzene rings is 1. The topological polar surface area (TPSA) is 50.4 Å². The van der Waals surface area contributed by atoms with Crippen LogP contribution < -0.4 is 11.1 Å². The molecule has 0 amide bonds. The maximum Gasteiger partial charge on any atom is 0.125 e. The van der Waals surface area contributed by atoms with Crippen molar-refractivity contribution in [1.82, 2.24) is 5.32 Å². The van der Waals surface area contributed by atoms with Gasteiger partial charge in [0, 0.05) is 29.9 Å². The van der Waals surface area contributed by atoms with Gasteiger partial charge in [-0.1, -0.05) is 36.2 Å². The smallest absolute Gasteiger partial charge is 0.125 e. The molecular weight excluding hydrogens is 270 g/mol. The third-order valence-corrected chi connectivity index (χ3v) is 4.04. The summed E-state index contributed by atoms with van der Waals surface area (Å²) < 4.78 is 0. The molecular formula is C16H22ClN3. The van der Waals surface area contributed by atoms with Crippen LogP contribution in [0.3, 0.4) is 0 Å². The molecule has 108 valence electrons. The highest BCUT2D eigenvalue weighted by atomic mass is 35.5. The molecule has 0 saturated carbocycles. The molecule has 1 aliphatic carbocycles. The molecule has 4 heteroatoms. The van der Waals surface area contributed by atoms with E-state index < -0.39 is 0 Å². The Labute approximate surface area is 125 Å². The number of nitrogens with zero attached hydrogens (tertiary/aromatic N) is 1. The number of amidine groups is 1. The Morgan fingerprint density at radius 3 is 2.75 bits per heavy atom. The first-order valence-electron chi connectivity index (χ1n) is 7.14. The van der Waals surface area contributed by atoms with E-state index in [9.17, 15) is 0 Å². The van der Waals surface area contributed by atoms with Crippen LogP contribution >= 0.6 is 11.6 Å². The first-order chi connectivity index (χ1) is 9.72. The van der Waals surface area contributed by atoms with E-state index in [0.29, 0.717) is 6.54 Å². The number of nitrogens with one attached hydrogen (secondary N) is 1. The van der Waals surface area contributed by atoms with Crippen molar-refractivity contribution in [2.45, 2.75) is 38.6 Å². The largest absolute Gasteiger partial charge is 0.402 e. The van der Waals surface area contributed by atoms with Gasteiger partial charge < -0.3 is 11.1 Å². The molecule has 0 atom stereocenters. The van der Waals surface area contributed by atoms with E-state index in [1.54, 1.807) is 7.05 Å². The number of hydrogen-bond donors (Lipinski definition) is 2. The molecule has 3 N–H and O–H groups in total. The Morgan fingerprint density at radius 2 is 2.00 bits per heavy atom. The zero-order valence-electron chi connectivity index (χ0n) is 12.0. The third-order valence-electron chi connectivity index (χ3n) is 3.67. The number of halogens is 1. The fourth-order valence-electron chi connectivity index (χ4n) is 2.52. The summed E-state index contributed by atoms with van der Waals surface area (Å²) in [5.74, 6) is 0.907. The highest BCUT2D eigenvalue weighted by Crippen LogP contribution is 2.22. The van der Waals surface area contributed by atoms with Crippen LogP contribution in [0.25, 0.3) is 0 Å². The van der Waals surface area contributed by atoms with Crippen molar-refractivity contribution in [2.75, 3.05) is 7.05 Å². The molecule has 0 aliphatic heterocycles. The molecule has 0 fully saturated rings. The Kier molecular flexibility index (Phi) is 5.48. The lowest BCUT2D eigenvalue weighted by Crippen LogP contribution is -2.27. The molecule has 0 spiro atoms. The van der Waals surface area contributed by atoms with E-state index >= 15 is 0 Å². The fourth-order valence-corrected chi connectivity index (χ4v) is 2.72. The molecule has 0 bridgehead atoms. The Balaban J connectivity index is 2.08. The zero-order chi connectivity index (χ0) is 14.4. The van der Waals surface area contributed by atoms with Crippen molar-refractivity contribution in [3.63, 3.8) is 0 Å². The monoisotopic (exact) mass is 291 g/mol. The maximum atomic E-state index is 6.19. The van der Waals surface area contributed by atoms with Crippen LogP contribution in [0, 0.1) is 0 Å². The summed E-state index contributed by atoms with van der Waals surface area (Å²) in [6.07, 6.45) is 5.58. The highest BCUT2D eigenvalue weighted by molar-refractivity contribution is 6.31. The quantitative estimate of drug-likeness (QED) is 0.660. The number of rotatable bonds is 3. The molecule has 1 aliphatic rings. The first kappa shape index (κ1) is 14.9. The summed E-state index contributed by atoms with van der Waals surface area (Å²) in [4.78, 5) is 4.37. The van der Waals surface area contributed by atoms with E-state index in [1.165, 1.54) is 24.8 Å². The average Bonchev–Trinajstić information content (AvgIpc) is 2.67. The average molecular weight is 292 g/mol. The second kappa shape index (κ2) is 7.34. The number of nitrogens with two attached hydrogens (primary N) is 1. The molecule has 2 rings (SSSR count). The summed E-state index contributed by atoms with van der Waals surface area (Å²) >= 11 is 6.17. The lowest BCUT2D eigenvalue weighted by molar-refractivity contribution is 0.707. The van der Waals surface area contributed by atoms with Gasteiger partial charge in [0.25, 0.3) is 0 Å². The fraction of sp³-hybridized carbons (Fsp3) is 0.438. The Bertz CT molecular complexity index is 520. The van der Waals surface area contributed by atoms with Gasteiger partial charge in [0.15, 0.2) is 0 Å². The van der Waals surface area contributed by atoms with Crippen molar-refractivity contribution >= 4 is 17.4 Å². The van der Waals surface area contributed by atoms with Gasteiger partial charge in [0.1, 0.15) is 5.84 Å². The van der Waals surface area contributed by atoms with Gasteiger partial charge in [-0.3, -0.25) is 4.99 Å². The number of aliphatic imine (C=N–C) groups is 1. The van der Waals surface area contributed by atoms with Gasteiger partial charge in [-0.2, -0.15) is 0 Å². The van der Waals surface area contributed by atoms with Gasteiger partial charge in [0.2, 0.25) is 0 Å². The second-order valence-corrected chi connectivity index (χ2v) is 5.49. The SMILES string of the molecule is CN=C(NCc1ccccc1Cl)C1=C(N)CCCCC1. The van der Waals surface area contributed by atoms with E-state index in [4.69, 9.17) is 17.3 Å². The third kappa shape index (κ3) is 3.76. The summed E-state index contributed by atoms with van der Waals surface area (Å²) in [7, 11) is 1.81. The van der Waals surface area contributed by atoms with Crippen LogP contribution in [0.5, 0.6) is 0 Å². The first-order valence-corrected chi connectivity index (χ1v) is 7.52. The molecule has 0 heterocycles. The predicted octanol–water partition coefficient (Wildman–Crippen LogP) is 3.63. The summed E-state index contributed by atoms with van der Waals surface area (Å²) in [6.45, 7) is 0.670. The van der Waals surface area contributed by atoms with Gasteiger partial charge >= 0.3 is 0 Å². The minimum atomic E-state index is 0.670. The summed E-state index contributed by atoms with van der Waals surface area (Å²) in [5, 5.41) is 4.16. The minimum absolute atomic E-state index is 0.670. The van der Waals surface area contributed by atoms with E-state index in [-0.39, 0.29) is 0 Å².